The molecule has 0 atom stereocenters. The number of rotatable bonds is 5. The number of benzene rings is 2. The summed E-state index contributed by atoms with van der Waals surface area (Å²) in [5.41, 5.74) is 1.49. The molecule has 2 N–H and O–H groups in total. The van der Waals surface area contributed by atoms with E-state index in [1.54, 1.807) is 18.2 Å². The number of hydrogen-bond donors (Lipinski definition) is 1. The van der Waals surface area contributed by atoms with Gasteiger partial charge >= 0.3 is 0 Å². The zero-order valence-corrected chi connectivity index (χ0v) is 13.4. The van der Waals surface area contributed by atoms with E-state index in [0.29, 0.717) is 15.6 Å². The molecule has 7 heteroatoms. The molecule has 0 amide bonds. The largest absolute Gasteiger partial charge is 0.277 e. The lowest BCUT2D eigenvalue weighted by molar-refractivity contribution is 0.402. The van der Waals surface area contributed by atoms with Crippen LogP contribution in [-0.2, 0) is 23.3 Å². The van der Waals surface area contributed by atoms with Crippen molar-refractivity contribution in [3.05, 3.63) is 69.7 Å². The maximum atomic E-state index is 11.8. The summed E-state index contributed by atoms with van der Waals surface area (Å²) in [6, 6.07) is 14.1. The Morgan fingerprint density at radius 2 is 1.67 bits per heavy atom. The first kappa shape index (κ1) is 16.3. The van der Waals surface area contributed by atoms with Crippen LogP contribution in [0.3, 0.4) is 0 Å². The van der Waals surface area contributed by atoms with Gasteiger partial charge in [0.2, 0.25) is 0 Å². The minimum atomic E-state index is -3.85. The highest BCUT2D eigenvalue weighted by molar-refractivity contribution is 7.86. The average Bonchev–Trinajstić information content (AvgIpc) is 2.41. The first-order valence-corrected chi connectivity index (χ1v) is 8.38. The predicted molar refractivity (Wildman–Crippen MR) is 85.3 cm³/mol. The zero-order valence-electron chi connectivity index (χ0n) is 11.0. The molecule has 0 unspecified atom stereocenters. The van der Waals surface area contributed by atoms with E-state index in [2.05, 4.69) is 0 Å². The Kier molecular flexibility index (Phi) is 5.24. The van der Waals surface area contributed by atoms with Gasteiger partial charge in [-0.3, -0.25) is 0 Å². The highest BCUT2D eigenvalue weighted by atomic mass is 35.5. The van der Waals surface area contributed by atoms with Crippen LogP contribution in [0.1, 0.15) is 11.1 Å². The minimum Gasteiger partial charge on any atom is -0.216 e. The highest BCUT2D eigenvalue weighted by Gasteiger charge is 2.19. The molecular weight excluding hydrogens is 331 g/mol. The van der Waals surface area contributed by atoms with Gasteiger partial charge in [0.05, 0.1) is 0 Å². The van der Waals surface area contributed by atoms with Crippen molar-refractivity contribution in [3.8, 4) is 0 Å². The van der Waals surface area contributed by atoms with Crippen LogP contribution in [0, 0.1) is 0 Å². The third-order valence-electron chi connectivity index (χ3n) is 2.92. The van der Waals surface area contributed by atoms with Crippen LogP contribution in [0.15, 0.2) is 48.5 Å². The molecule has 2 aromatic carbocycles. The van der Waals surface area contributed by atoms with Gasteiger partial charge in [-0.05, 0) is 23.3 Å². The molecule has 0 radical (unpaired) electrons. The molecule has 4 nitrogen and oxygen atoms in total. The van der Waals surface area contributed by atoms with Crippen LogP contribution in [0.4, 0.5) is 0 Å². The Hall–Kier alpha value is -1.11. The van der Waals surface area contributed by atoms with Crippen molar-refractivity contribution in [2.75, 3.05) is 0 Å². The van der Waals surface area contributed by atoms with Crippen LogP contribution < -0.4 is 5.14 Å². The Morgan fingerprint density at radius 3 is 2.24 bits per heavy atom. The summed E-state index contributed by atoms with van der Waals surface area (Å²) in [5, 5.41) is 6.19. The van der Waals surface area contributed by atoms with E-state index in [4.69, 9.17) is 28.3 Å². The molecule has 0 aliphatic rings. The van der Waals surface area contributed by atoms with E-state index in [0.717, 1.165) is 9.87 Å². The lowest BCUT2D eigenvalue weighted by atomic mass is 10.2. The SMILES string of the molecule is NS(=O)(=O)N(Cc1ccccc1)Cc1ccc(Cl)cc1Cl. The summed E-state index contributed by atoms with van der Waals surface area (Å²) in [7, 11) is -3.85. The molecule has 0 heterocycles. The lowest BCUT2D eigenvalue weighted by Gasteiger charge is -2.20. The van der Waals surface area contributed by atoms with Gasteiger partial charge in [-0.15, -0.1) is 0 Å². The molecule has 0 aromatic heterocycles. The van der Waals surface area contributed by atoms with Crippen LogP contribution >= 0.6 is 23.2 Å². The predicted octanol–water partition coefficient (Wildman–Crippen LogP) is 3.20. The quantitative estimate of drug-likeness (QED) is 0.904. The molecular formula is C14H14Cl2N2O2S. The van der Waals surface area contributed by atoms with E-state index in [-0.39, 0.29) is 13.1 Å². The molecule has 2 aromatic rings. The van der Waals surface area contributed by atoms with Gasteiger partial charge in [-0.2, -0.15) is 12.7 Å². The second-order valence-corrected chi connectivity index (χ2v) is 6.92. The summed E-state index contributed by atoms with van der Waals surface area (Å²) < 4.78 is 24.7. The van der Waals surface area contributed by atoms with Gasteiger partial charge in [0.1, 0.15) is 0 Å². The fraction of sp³-hybridized carbons (Fsp3) is 0.143. The topological polar surface area (TPSA) is 63.4 Å². The van der Waals surface area contributed by atoms with Crippen LogP contribution in [0.5, 0.6) is 0 Å². The van der Waals surface area contributed by atoms with Gasteiger partial charge in [0.25, 0.3) is 10.2 Å². The zero-order chi connectivity index (χ0) is 15.5. The van der Waals surface area contributed by atoms with Crippen LogP contribution in [-0.4, -0.2) is 12.7 Å². The van der Waals surface area contributed by atoms with Crippen molar-refractivity contribution in [1.29, 1.82) is 0 Å². The third kappa shape index (κ3) is 4.69. The van der Waals surface area contributed by atoms with E-state index in [9.17, 15) is 8.42 Å². The third-order valence-corrected chi connectivity index (χ3v) is 4.49. The highest BCUT2D eigenvalue weighted by Crippen LogP contribution is 2.23. The normalized spacial score (nSPS) is 11.8. The van der Waals surface area contributed by atoms with Crippen molar-refractivity contribution in [2.24, 2.45) is 5.14 Å². The molecule has 0 fully saturated rings. The Labute approximate surface area is 134 Å². The Balaban J connectivity index is 2.25. The number of nitrogens with two attached hydrogens (primary N) is 1. The molecule has 0 spiro atoms. The molecule has 2 rings (SSSR count). The molecule has 0 aliphatic heterocycles. The maximum absolute atomic E-state index is 11.8. The number of hydrogen-bond acceptors (Lipinski definition) is 2. The number of halogens is 2. The van der Waals surface area contributed by atoms with E-state index < -0.39 is 10.2 Å². The van der Waals surface area contributed by atoms with Gasteiger partial charge in [-0.25, -0.2) is 5.14 Å². The molecule has 0 saturated heterocycles. The van der Waals surface area contributed by atoms with E-state index >= 15 is 0 Å². The van der Waals surface area contributed by atoms with Gasteiger partial charge in [-0.1, -0.05) is 59.6 Å². The first-order chi connectivity index (χ1) is 9.86. The smallest absolute Gasteiger partial charge is 0.216 e. The van der Waals surface area contributed by atoms with Crippen LogP contribution in [0.2, 0.25) is 10.0 Å². The monoisotopic (exact) mass is 344 g/mol. The van der Waals surface area contributed by atoms with Crippen molar-refractivity contribution >= 4 is 33.4 Å². The maximum Gasteiger partial charge on any atom is 0.277 e. The number of nitrogens with zero attached hydrogens (tertiary/aromatic N) is 1. The molecule has 0 bridgehead atoms. The van der Waals surface area contributed by atoms with Crippen LogP contribution in [0.25, 0.3) is 0 Å². The lowest BCUT2D eigenvalue weighted by Crippen LogP contribution is -2.35. The summed E-state index contributed by atoms with van der Waals surface area (Å²) >= 11 is 11.9. The molecule has 0 aliphatic carbocycles. The van der Waals surface area contributed by atoms with Crippen molar-refractivity contribution in [3.63, 3.8) is 0 Å². The Morgan fingerprint density at radius 1 is 1.00 bits per heavy atom. The molecule has 112 valence electrons. The molecule has 0 saturated carbocycles. The van der Waals surface area contributed by atoms with Crippen molar-refractivity contribution < 1.29 is 8.42 Å². The fourth-order valence-electron chi connectivity index (χ4n) is 1.86. The van der Waals surface area contributed by atoms with Gasteiger partial charge in [0, 0.05) is 23.1 Å². The van der Waals surface area contributed by atoms with Crippen molar-refractivity contribution in [1.82, 2.24) is 4.31 Å². The minimum absolute atomic E-state index is 0.0870. The summed E-state index contributed by atoms with van der Waals surface area (Å²) in [4.78, 5) is 0. The standard InChI is InChI=1S/C14H14Cl2N2O2S/c15-13-7-6-12(14(16)8-13)10-18(21(17,19)20)9-11-4-2-1-3-5-11/h1-8H,9-10H2,(H2,17,19,20). The first-order valence-electron chi connectivity index (χ1n) is 6.12. The van der Waals surface area contributed by atoms with Crippen molar-refractivity contribution in [2.45, 2.75) is 13.1 Å². The summed E-state index contributed by atoms with van der Waals surface area (Å²) in [6.45, 7) is 0.266. The average molecular weight is 345 g/mol. The van der Waals surface area contributed by atoms with E-state index in [1.165, 1.54) is 0 Å². The Bertz CT molecular complexity index is 721. The van der Waals surface area contributed by atoms with Gasteiger partial charge < -0.3 is 0 Å². The van der Waals surface area contributed by atoms with E-state index in [1.807, 2.05) is 30.3 Å². The summed E-state index contributed by atoms with van der Waals surface area (Å²) in [5.74, 6) is 0. The second kappa shape index (κ2) is 6.77. The second-order valence-electron chi connectivity index (χ2n) is 4.53. The van der Waals surface area contributed by atoms with Gasteiger partial charge in [0.15, 0.2) is 0 Å². The molecule has 21 heavy (non-hydrogen) atoms. The fourth-order valence-corrected chi connectivity index (χ4v) is 2.98. The summed E-state index contributed by atoms with van der Waals surface area (Å²) in [6.07, 6.45) is 0.